The molecule has 1 aliphatic rings. The molecule has 0 aliphatic carbocycles. The van der Waals surface area contributed by atoms with E-state index < -0.39 is 0 Å². The summed E-state index contributed by atoms with van der Waals surface area (Å²) in [7, 11) is 0. The molecule has 0 saturated carbocycles. The SMILES string of the molecule is CCCCCN(CC(=O)N1CCc2ccccc2C1C)C(=O)Nc1ccccc1C. The van der Waals surface area contributed by atoms with Crippen LogP contribution in [0.5, 0.6) is 0 Å². The molecular formula is C25H33N3O2. The van der Waals surface area contributed by atoms with E-state index in [1.807, 2.05) is 42.2 Å². The molecule has 1 aliphatic heterocycles. The van der Waals surface area contributed by atoms with E-state index in [4.69, 9.17) is 0 Å². The summed E-state index contributed by atoms with van der Waals surface area (Å²) >= 11 is 0. The van der Waals surface area contributed by atoms with Gasteiger partial charge in [-0.05, 0) is 49.4 Å². The quantitative estimate of drug-likeness (QED) is 0.644. The fourth-order valence-electron chi connectivity index (χ4n) is 4.08. The van der Waals surface area contributed by atoms with Gasteiger partial charge in [0.15, 0.2) is 0 Å². The van der Waals surface area contributed by atoms with Crippen LogP contribution in [-0.4, -0.2) is 41.4 Å². The van der Waals surface area contributed by atoms with Crippen molar-refractivity contribution >= 4 is 17.6 Å². The van der Waals surface area contributed by atoms with E-state index in [9.17, 15) is 9.59 Å². The predicted octanol–water partition coefficient (Wildman–Crippen LogP) is 5.17. The van der Waals surface area contributed by atoms with Gasteiger partial charge in [-0.15, -0.1) is 0 Å². The largest absolute Gasteiger partial charge is 0.334 e. The second-order valence-electron chi connectivity index (χ2n) is 8.09. The minimum atomic E-state index is -0.209. The monoisotopic (exact) mass is 407 g/mol. The number of unbranched alkanes of at least 4 members (excludes halogenated alkanes) is 2. The third kappa shape index (κ3) is 5.21. The summed E-state index contributed by atoms with van der Waals surface area (Å²) in [6.07, 6.45) is 3.86. The van der Waals surface area contributed by atoms with Gasteiger partial charge in [0.1, 0.15) is 6.54 Å². The van der Waals surface area contributed by atoms with Gasteiger partial charge in [0.05, 0.1) is 6.04 Å². The first kappa shape index (κ1) is 21.9. The van der Waals surface area contributed by atoms with Crippen molar-refractivity contribution in [3.05, 3.63) is 65.2 Å². The minimum Gasteiger partial charge on any atom is -0.334 e. The summed E-state index contributed by atoms with van der Waals surface area (Å²) in [5.41, 5.74) is 4.31. The molecule has 0 saturated heterocycles. The fourth-order valence-corrected chi connectivity index (χ4v) is 4.08. The highest BCUT2D eigenvalue weighted by Gasteiger charge is 2.29. The molecule has 0 bridgehead atoms. The Morgan fingerprint density at radius 2 is 1.83 bits per heavy atom. The van der Waals surface area contributed by atoms with Crippen LogP contribution in [0.15, 0.2) is 48.5 Å². The number of urea groups is 1. The first-order valence-electron chi connectivity index (χ1n) is 11.0. The Morgan fingerprint density at radius 3 is 2.60 bits per heavy atom. The molecular weight excluding hydrogens is 374 g/mol. The van der Waals surface area contributed by atoms with Gasteiger partial charge in [-0.25, -0.2) is 4.79 Å². The van der Waals surface area contributed by atoms with Crippen molar-refractivity contribution in [2.75, 3.05) is 25.0 Å². The van der Waals surface area contributed by atoms with E-state index in [1.165, 1.54) is 11.1 Å². The number of carbonyl (C=O) groups excluding carboxylic acids is 2. The Kier molecular flexibility index (Phi) is 7.50. The van der Waals surface area contributed by atoms with Gasteiger partial charge in [-0.2, -0.15) is 0 Å². The van der Waals surface area contributed by atoms with E-state index in [1.54, 1.807) is 4.90 Å². The van der Waals surface area contributed by atoms with Gasteiger partial charge >= 0.3 is 6.03 Å². The minimum absolute atomic E-state index is 0.00781. The Morgan fingerprint density at radius 1 is 1.10 bits per heavy atom. The lowest BCUT2D eigenvalue weighted by Crippen LogP contribution is -2.47. The number of fused-ring (bicyclic) bond motifs is 1. The number of rotatable bonds is 7. The lowest BCUT2D eigenvalue weighted by molar-refractivity contribution is -0.134. The van der Waals surface area contributed by atoms with Gasteiger partial charge in [-0.1, -0.05) is 62.2 Å². The van der Waals surface area contributed by atoms with Crippen molar-refractivity contribution in [3.8, 4) is 0 Å². The highest BCUT2D eigenvalue weighted by Crippen LogP contribution is 2.29. The number of nitrogens with one attached hydrogen (secondary N) is 1. The van der Waals surface area contributed by atoms with Crippen LogP contribution in [0, 0.1) is 6.92 Å². The Hall–Kier alpha value is -2.82. The summed E-state index contributed by atoms with van der Waals surface area (Å²) in [6.45, 7) is 7.55. The molecule has 0 aromatic heterocycles. The molecule has 1 unspecified atom stereocenters. The van der Waals surface area contributed by atoms with E-state index >= 15 is 0 Å². The average molecular weight is 408 g/mol. The van der Waals surface area contributed by atoms with Crippen molar-refractivity contribution < 1.29 is 9.59 Å². The van der Waals surface area contributed by atoms with Crippen LogP contribution in [0.2, 0.25) is 0 Å². The number of para-hydroxylation sites is 1. The second-order valence-corrected chi connectivity index (χ2v) is 8.09. The van der Waals surface area contributed by atoms with Gasteiger partial charge in [0, 0.05) is 18.8 Å². The molecule has 5 heteroatoms. The summed E-state index contributed by atoms with van der Waals surface area (Å²) in [5, 5.41) is 2.99. The zero-order valence-electron chi connectivity index (χ0n) is 18.4. The topological polar surface area (TPSA) is 52.7 Å². The summed E-state index contributed by atoms with van der Waals surface area (Å²) < 4.78 is 0. The summed E-state index contributed by atoms with van der Waals surface area (Å²) in [6, 6.07) is 15.8. The second kappa shape index (κ2) is 10.3. The molecule has 2 aromatic rings. The fraction of sp³-hybridized carbons (Fsp3) is 0.440. The maximum absolute atomic E-state index is 13.2. The molecule has 1 atom stereocenters. The first-order chi connectivity index (χ1) is 14.5. The lowest BCUT2D eigenvalue weighted by atomic mass is 9.93. The lowest BCUT2D eigenvalue weighted by Gasteiger charge is -2.36. The molecule has 0 spiro atoms. The zero-order chi connectivity index (χ0) is 21.5. The maximum Gasteiger partial charge on any atom is 0.322 e. The average Bonchev–Trinajstić information content (AvgIpc) is 2.75. The smallest absolute Gasteiger partial charge is 0.322 e. The standard InChI is InChI=1S/C25H33N3O2/c1-4-5-10-16-27(25(30)26-23-14-9-6-11-19(23)2)18-24(29)28-17-15-21-12-7-8-13-22(21)20(28)3/h6-9,11-14,20H,4-5,10,15-18H2,1-3H3,(H,26,30). The van der Waals surface area contributed by atoms with Crippen LogP contribution in [0.3, 0.4) is 0 Å². The molecule has 3 amide bonds. The summed E-state index contributed by atoms with van der Waals surface area (Å²) in [5.74, 6) is 0.00781. The number of benzene rings is 2. The molecule has 0 radical (unpaired) electrons. The van der Waals surface area contributed by atoms with Gasteiger partial charge < -0.3 is 15.1 Å². The number of hydrogen-bond donors (Lipinski definition) is 1. The molecule has 2 aromatic carbocycles. The molecule has 5 nitrogen and oxygen atoms in total. The summed E-state index contributed by atoms with van der Waals surface area (Å²) in [4.78, 5) is 29.8. The van der Waals surface area contributed by atoms with Gasteiger partial charge in [0.2, 0.25) is 5.91 Å². The highest BCUT2D eigenvalue weighted by atomic mass is 16.2. The number of amides is 3. The van der Waals surface area contributed by atoms with Crippen LogP contribution in [0.1, 0.15) is 55.8 Å². The van der Waals surface area contributed by atoms with Crippen molar-refractivity contribution in [1.82, 2.24) is 9.80 Å². The van der Waals surface area contributed by atoms with Crippen LogP contribution in [-0.2, 0) is 11.2 Å². The number of carbonyl (C=O) groups is 2. The third-order valence-electron chi connectivity index (χ3n) is 5.95. The predicted molar refractivity (Wildman–Crippen MR) is 122 cm³/mol. The molecule has 160 valence electrons. The van der Waals surface area contributed by atoms with Gasteiger partial charge in [0.25, 0.3) is 0 Å². The van der Waals surface area contributed by atoms with Crippen molar-refractivity contribution in [2.45, 2.75) is 52.5 Å². The van der Waals surface area contributed by atoms with Gasteiger partial charge in [-0.3, -0.25) is 4.79 Å². The molecule has 1 heterocycles. The number of nitrogens with zero attached hydrogens (tertiary/aromatic N) is 2. The molecule has 0 fully saturated rings. The van der Waals surface area contributed by atoms with Crippen LogP contribution < -0.4 is 5.32 Å². The maximum atomic E-state index is 13.2. The third-order valence-corrected chi connectivity index (χ3v) is 5.95. The van der Waals surface area contributed by atoms with E-state index in [2.05, 4.69) is 37.4 Å². The van der Waals surface area contributed by atoms with Crippen LogP contribution in [0.4, 0.5) is 10.5 Å². The highest BCUT2D eigenvalue weighted by molar-refractivity contribution is 5.93. The Balaban J connectivity index is 1.70. The number of aryl methyl sites for hydroxylation is 1. The zero-order valence-corrected chi connectivity index (χ0v) is 18.4. The van der Waals surface area contributed by atoms with Crippen molar-refractivity contribution in [1.29, 1.82) is 0 Å². The molecule has 30 heavy (non-hydrogen) atoms. The molecule has 3 rings (SSSR count). The van der Waals surface area contributed by atoms with Crippen LogP contribution >= 0.6 is 0 Å². The van der Waals surface area contributed by atoms with E-state index in [0.717, 1.165) is 36.9 Å². The normalized spacial score (nSPS) is 15.4. The number of hydrogen-bond acceptors (Lipinski definition) is 2. The van der Waals surface area contributed by atoms with E-state index in [0.29, 0.717) is 13.1 Å². The van der Waals surface area contributed by atoms with Crippen molar-refractivity contribution in [2.24, 2.45) is 0 Å². The Labute approximate surface area is 180 Å². The van der Waals surface area contributed by atoms with Crippen molar-refractivity contribution in [3.63, 3.8) is 0 Å². The van der Waals surface area contributed by atoms with E-state index in [-0.39, 0.29) is 24.5 Å². The Bertz CT molecular complexity index is 880. The number of anilines is 1. The molecule has 1 N–H and O–H groups in total. The first-order valence-corrected chi connectivity index (χ1v) is 11.0. The van der Waals surface area contributed by atoms with Crippen LogP contribution in [0.25, 0.3) is 0 Å².